The summed E-state index contributed by atoms with van der Waals surface area (Å²) >= 11 is 0. The van der Waals surface area contributed by atoms with Crippen molar-refractivity contribution >= 4 is 39.1 Å². The van der Waals surface area contributed by atoms with Crippen LogP contribution in [0.1, 0.15) is 41.7 Å². The van der Waals surface area contributed by atoms with E-state index in [0.717, 1.165) is 25.9 Å². The third kappa shape index (κ3) is 5.62. The Balaban J connectivity index is 1.39. The Morgan fingerprint density at radius 2 is 1.89 bits per heavy atom. The molecule has 2 saturated heterocycles. The van der Waals surface area contributed by atoms with Crippen LogP contribution >= 0.6 is 0 Å². The first-order chi connectivity index (χ1) is 17.7. The van der Waals surface area contributed by atoms with Gasteiger partial charge in [-0.3, -0.25) is 9.52 Å². The molecule has 12 heteroatoms. The molecule has 3 N–H and O–H groups in total. The Bertz CT molecular complexity index is 1340. The third-order valence-electron chi connectivity index (χ3n) is 7.43. The van der Waals surface area contributed by atoms with E-state index in [0.29, 0.717) is 52.9 Å². The van der Waals surface area contributed by atoms with Gasteiger partial charge >= 0.3 is 0 Å². The van der Waals surface area contributed by atoms with Crippen molar-refractivity contribution in [1.29, 1.82) is 5.26 Å². The maximum atomic E-state index is 13.5. The van der Waals surface area contributed by atoms with Crippen molar-refractivity contribution in [3.8, 4) is 6.07 Å². The van der Waals surface area contributed by atoms with Crippen LogP contribution in [0.3, 0.4) is 0 Å². The molecule has 1 amide bonds. The van der Waals surface area contributed by atoms with Gasteiger partial charge in [-0.2, -0.15) is 10.2 Å². The highest BCUT2D eigenvalue weighted by Crippen LogP contribution is 2.54. The predicted octanol–water partition coefficient (Wildman–Crippen LogP) is 2.11. The van der Waals surface area contributed by atoms with Gasteiger partial charge in [-0.15, -0.1) is 0 Å². The Labute approximate surface area is 216 Å². The molecule has 0 atom stereocenters. The van der Waals surface area contributed by atoms with Crippen LogP contribution in [0.15, 0.2) is 24.3 Å². The molecule has 3 aliphatic rings. The Morgan fingerprint density at radius 3 is 2.54 bits per heavy atom. The second-order valence-electron chi connectivity index (χ2n) is 10.2. The van der Waals surface area contributed by atoms with Gasteiger partial charge in [0.15, 0.2) is 0 Å². The van der Waals surface area contributed by atoms with Crippen molar-refractivity contribution in [2.75, 3.05) is 58.4 Å². The maximum Gasteiger partial charge on any atom is 0.258 e. The maximum absolute atomic E-state index is 13.5. The van der Waals surface area contributed by atoms with Gasteiger partial charge in [0, 0.05) is 37.9 Å². The van der Waals surface area contributed by atoms with Crippen LogP contribution in [0.25, 0.3) is 0 Å². The van der Waals surface area contributed by atoms with Crippen LogP contribution in [0, 0.1) is 29.6 Å². The van der Waals surface area contributed by atoms with Gasteiger partial charge < -0.3 is 20.2 Å². The number of aliphatic hydroxyl groups is 1. The summed E-state index contributed by atoms with van der Waals surface area (Å²) in [5.74, 6) is 0.0354. The fourth-order valence-electron chi connectivity index (χ4n) is 4.96. The minimum atomic E-state index is -3.70. The highest BCUT2D eigenvalue weighted by atomic mass is 32.2. The van der Waals surface area contributed by atoms with Crippen molar-refractivity contribution in [1.82, 2.24) is 9.97 Å². The van der Waals surface area contributed by atoms with E-state index in [9.17, 15) is 13.2 Å². The number of aliphatic hydroxyl groups excluding tert-OH is 1. The Kier molecular flexibility index (Phi) is 6.68. The number of aromatic nitrogens is 2. The lowest BCUT2D eigenvalue weighted by molar-refractivity contribution is 0.102. The molecular formula is C25H31N7O4S. The summed E-state index contributed by atoms with van der Waals surface area (Å²) in [6.07, 6.45) is 4.58. The molecule has 0 bridgehead atoms. The molecular weight excluding hydrogens is 494 g/mol. The molecule has 3 heterocycles. The molecule has 1 aromatic carbocycles. The molecule has 0 radical (unpaired) electrons. The fourth-order valence-corrected chi connectivity index (χ4v) is 5.79. The Morgan fingerprint density at radius 1 is 1.16 bits per heavy atom. The average Bonchev–Trinajstić information content (AvgIpc) is 3.57. The van der Waals surface area contributed by atoms with E-state index in [1.165, 1.54) is 12.8 Å². The molecule has 37 heavy (non-hydrogen) atoms. The number of nitrogens with one attached hydrogen (secondary N) is 2. The number of piperidine rings is 1. The quantitative estimate of drug-likeness (QED) is 0.470. The second-order valence-corrected chi connectivity index (χ2v) is 12.1. The van der Waals surface area contributed by atoms with Crippen molar-refractivity contribution in [2.45, 2.75) is 32.6 Å². The highest BCUT2D eigenvalue weighted by molar-refractivity contribution is 7.92. The molecule has 3 fully saturated rings. The molecule has 2 aliphatic heterocycles. The van der Waals surface area contributed by atoms with E-state index in [2.05, 4.69) is 31.0 Å². The largest absolute Gasteiger partial charge is 0.395 e. The average molecular weight is 526 g/mol. The van der Waals surface area contributed by atoms with Crippen molar-refractivity contribution in [3.63, 3.8) is 0 Å². The standard InChI is InChI=1S/C25H31N7O4S/c1-17-12-22(29-24(27-17)32-15-18(14-26)16-32)28-23(34)20-3-2-19(30-37(35,36)11-10-33)13-21(20)31-8-6-25(4-5-25)7-9-31/h2-3,12-13,18,30,33H,4-11,15-16H2,1H3,(H,27,28,29,34). The summed E-state index contributed by atoms with van der Waals surface area (Å²) < 4.78 is 27.0. The number of nitrogens with zero attached hydrogens (tertiary/aromatic N) is 5. The van der Waals surface area contributed by atoms with Crippen LogP contribution in [0.4, 0.5) is 23.1 Å². The van der Waals surface area contributed by atoms with Gasteiger partial charge in [0.05, 0.1) is 41.3 Å². The van der Waals surface area contributed by atoms with Gasteiger partial charge in [-0.05, 0) is 56.2 Å². The lowest BCUT2D eigenvalue weighted by Crippen LogP contribution is -2.47. The third-order valence-corrected chi connectivity index (χ3v) is 8.70. The molecule has 0 unspecified atom stereocenters. The smallest absolute Gasteiger partial charge is 0.258 e. The number of benzene rings is 1. The Hall–Kier alpha value is -3.43. The molecule has 1 aliphatic carbocycles. The first-order valence-electron chi connectivity index (χ1n) is 12.5. The van der Waals surface area contributed by atoms with Crippen molar-refractivity contribution in [2.24, 2.45) is 11.3 Å². The molecule has 5 rings (SSSR count). The van der Waals surface area contributed by atoms with Crippen LogP contribution in [0.2, 0.25) is 0 Å². The number of hydrogen-bond donors (Lipinski definition) is 3. The summed E-state index contributed by atoms with van der Waals surface area (Å²) in [5, 5.41) is 21.0. The first kappa shape index (κ1) is 25.2. The van der Waals surface area contributed by atoms with Crippen molar-refractivity contribution in [3.05, 3.63) is 35.5 Å². The van der Waals surface area contributed by atoms with Gasteiger partial charge in [0.25, 0.3) is 5.91 Å². The summed E-state index contributed by atoms with van der Waals surface area (Å²) in [5.41, 5.74) is 2.55. The zero-order valence-corrected chi connectivity index (χ0v) is 21.6. The number of anilines is 4. The molecule has 1 aromatic heterocycles. The number of hydrogen-bond acceptors (Lipinski definition) is 9. The van der Waals surface area contributed by atoms with E-state index < -0.39 is 22.4 Å². The van der Waals surface area contributed by atoms with Gasteiger partial charge in [0.2, 0.25) is 16.0 Å². The summed E-state index contributed by atoms with van der Waals surface area (Å²) in [4.78, 5) is 26.4. The lowest BCUT2D eigenvalue weighted by atomic mass is 9.93. The minimum Gasteiger partial charge on any atom is -0.395 e. The number of aryl methyl sites for hydroxylation is 1. The molecule has 2 aromatic rings. The monoisotopic (exact) mass is 525 g/mol. The SMILES string of the molecule is Cc1cc(NC(=O)c2ccc(NS(=O)(=O)CCO)cc2N2CCC3(CC2)CC3)nc(N2CC(C#N)C2)n1. The van der Waals surface area contributed by atoms with Crippen LogP contribution < -0.4 is 19.8 Å². The highest BCUT2D eigenvalue weighted by Gasteiger charge is 2.44. The van der Waals surface area contributed by atoms with Gasteiger partial charge in [-0.1, -0.05) is 0 Å². The summed E-state index contributed by atoms with van der Waals surface area (Å²) in [6.45, 7) is 4.04. The minimum absolute atomic E-state index is 0.0441. The normalized spacial score (nSPS) is 18.7. The van der Waals surface area contributed by atoms with Gasteiger partial charge in [-0.25, -0.2) is 13.4 Å². The zero-order chi connectivity index (χ0) is 26.2. The van der Waals surface area contributed by atoms with Crippen LogP contribution in [-0.2, 0) is 10.0 Å². The fraction of sp³-hybridized carbons (Fsp3) is 0.520. The van der Waals surface area contributed by atoms with Crippen LogP contribution in [-0.4, -0.2) is 67.9 Å². The molecule has 196 valence electrons. The number of carbonyl (C=O) groups excluding carboxylic acids is 1. The number of rotatable bonds is 8. The van der Waals surface area contributed by atoms with Crippen molar-refractivity contribution < 1.29 is 18.3 Å². The first-order valence-corrected chi connectivity index (χ1v) is 14.2. The summed E-state index contributed by atoms with van der Waals surface area (Å²) in [7, 11) is -3.70. The number of sulfonamides is 1. The second kappa shape index (κ2) is 9.79. The van der Waals surface area contributed by atoms with Gasteiger partial charge in [0.1, 0.15) is 5.82 Å². The number of amides is 1. The van der Waals surface area contributed by atoms with E-state index in [-0.39, 0.29) is 11.8 Å². The zero-order valence-electron chi connectivity index (χ0n) is 20.8. The number of carbonyl (C=O) groups is 1. The topological polar surface area (TPSA) is 152 Å². The van der Waals surface area contributed by atoms with E-state index in [1.807, 2.05) is 11.8 Å². The van der Waals surface area contributed by atoms with E-state index in [4.69, 9.17) is 10.4 Å². The number of nitriles is 1. The molecule has 1 saturated carbocycles. The van der Waals surface area contributed by atoms with E-state index in [1.54, 1.807) is 24.3 Å². The summed E-state index contributed by atoms with van der Waals surface area (Å²) in [6, 6.07) is 8.78. The van der Waals surface area contributed by atoms with E-state index >= 15 is 0 Å². The molecule has 1 spiro atoms. The molecule has 11 nitrogen and oxygen atoms in total. The lowest BCUT2D eigenvalue weighted by Gasteiger charge is -2.35. The predicted molar refractivity (Wildman–Crippen MR) is 140 cm³/mol. The van der Waals surface area contributed by atoms with Crippen LogP contribution in [0.5, 0.6) is 0 Å².